The van der Waals surface area contributed by atoms with Gasteiger partial charge in [-0.3, -0.25) is 9.89 Å². The van der Waals surface area contributed by atoms with Gasteiger partial charge in [0.1, 0.15) is 0 Å². The smallest absolute Gasteiger partial charge is 0.355 e. The summed E-state index contributed by atoms with van der Waals surface area (Å²) < 4.78 is 36.7. The predicted octanol–water partition coefficient (Wildman–Crippen LogP) is 2.19. The lowest BCUT2D eigenvalue weighted by atomic mass is 10.2. The van der Waals surface area contributed by atoms with Crippen LogP contribution in [0.3, 0.4) is 0 Å². The lowest BCUT2D eigenvalue weighted by Gasteiger charge is -2.24. The van der Waals surface area contributed by atoms with Crippen molar-refractivity contribution in [2.75, 3.05) is 40.8 Å². The lowest BCUT2D eigenvalue weighted by Crippen LogP contribution is -2.43. The lowest BCUT2D eigenvalue weighted by molar-refractivity contribution is -0.142. The van der Waals surface area contributed by atoms with E-state index in [1.54, 1.807) is 7.05 Å². The normalized spacial score (nSPS) is 12.6. The highest BCUT2D eigenvalue weighted by Crippen LogP contribution is 2.15. The van der Waals surface area contributed by atoms with Crippen LogP contribution in [0.2, 0.25) is 0 Å². The molecule has 7 heteroatoms. The van der Waals surface area contributed by atoms with Gasteiger partial charge in [-0.25, -0.2) is 0 Å². The summed E-state index contributed by atoms with van der Waals surface area (Å²) in [5, 5.41) is 3.07. The number of rotatable bonds is 6. The molecular weight excluding hydrogens is 293 g/mol. The van der Waals surface area contributed by atoms with Gasteiger partial charge in [-0.2, -0.15) is 13.2 Å². The van der Waals surface area contributed by atoms with E-state index >= 15 is 0 Å². The molecule has 0 radical (unpaired) electrons. The van der Waals surface area contributed by atoms with Crippen molar-refractivity contribution >= 4 is 5.96 Å². The molecule has 1 N–H and O–H groups in total. The first-order chi connectivity index (χ1) is 10.3. The Hall–Kier alpha value is -1.76. The molecule has 0 aliphatic rings. The Bertz CT molecular complexity index is 460. The summed E-state index contributed by atoms with van der Waals surface area (Å²) in [7, 11) is 5.00. The van der Waals surface area contributed by atoms with Gasteiger partial charge in [0.25, 0.3) is 0 Å². The van der Waals surface area contributed by atoms with Gasteiger partial charge in [0.2, 0.25) is 0 Å². The predicted molar refractivity (Wildman–Crippen MR) is 82.8 cm³/mol. The number of benzene rings is 1. The summed E-state index contributed by atoms with van der Waals surface area (Å²) in [6.07, 6.45) is -4.17. The molecule has 0 unspecified atom stereocenters. The van der Waals surface area contributed by atoms with Crippen molar-refractivity contribution < 1.29 is 13.2 Å². The zero-order valence-electron chi connectivity index (χ0n) is 13.2. The Morgan fingerprint density at radius 3 is 2.36 bits per heavy atom. The third-order valence-electron chi connectivity index (χ3n) is 3.06. The first-order valence-corrected chi connectivity index (χ1v) is 7.03. The number of alkyl halides is 3. The third-order valence-corrected chi connectivity index (χ3v) is 3.06. The second kappa shape index (κ2) is 8.63. The average molecular weight is 316 g/mol. The monoisotopic (exact) mass is 316 g/mol. The first-order valence-electron chi connectivity index (χ1n) is 7.03. The van der Waals surface area contributed by atoms with Crippen molar-refractivity contribution in [1.29, 1.82) is 0 Å². The van der Waals surface area contributed by atoms with E-state index in [-0.39, 0.29) is 6.54 Å². The minimum Gasteiger partial charge on any atom is -0.355 e. The fraction of sp³-hybridized carbons (Fsp3) is 0.533. The van der Waals surface area contributed by atoms with Crippen LogP contribution in [-0.4, -0.2) is 62.7 Å². The van der Waals surface area contributed by atoms with Gasteiger partial charge in [0.15, 0.2) is 5.96 Å². The first kappa shape index (κ1) is 18.3. The van der Waals surface area contributed by atoms with Crippen molar-refractivity contribution in [1.82, 2.24) is 15.1 Å². The quantitative estimate of drug-likeness (QED) is 0.645. The van der Waals surface area contributed by atoms with Crippen LogP contribution in [0.4, 0.5) is 13.2 Å². The molecule has 1 aromatic rings. The number of hydrogen-bond acceptors (Lipinski definition) is 2. The molecule has 0 aliphatic heterocycles. The molecule has 0 aliphatic carbocycles. The number of nitrogens with one attached hydrogen (secondary N) is 1. The van der Waals surface area contributed by atoms with Gasteiger partial charge in [-0.15, -0.1) is 0 Å². The number of aliphatic imine (C=N–C) groups is 1. The zero-order chi connectivity index (χ0) is 16.6. The van der Waals surface area contributed by atoms with Crippen LogP contribution in [0.1, 0.15) is 5.56 Å². The topological polar surface area (TPSA) is 30.9 Å². The van der Waals surface area contributed by atoms with Crippen molar-refractivity contribution in [3.63, 3.8) is 0 Å². The molecule has 0 spiro atoms. The highest BCUT2D eigenvalue weighted by molar-refractivity contribution is 5.79. The molecule has 4 nitrogen and oxygen atoms in total. The van der Waals surface area contributed by atoms with Gasteiger partial charge in [0, 0.05) is 33.7 Å². The van der Waals surface area contributed by atoms with Crippen LogP contribution in [0.15, 0.2) is 35.3 Å². The Labute approximate surface area is 129 Å². The molecule has 22 heavy (non-hydrogen) atoms. The summed E-state index contributed by atoms with van der Waals surface area (Å²) in [6, 6.07) is 9.91. The molecule has 0 saturated carbocycles. The van der Waals surface area contributed by atoms with E-state index in [1.165, 1.54) is 11.9 Å². The Morgan fingerprint density at radius 2 is 1.82 bits per heavy atom. The molecule has 0 amide bonds. The molecule has 124 valence electrons. The minimum atomic E-state index is -4.17. The van der Waals surface area contributed by atoms with E-state index in [4.69, 9.17) is 0 Å². The number of halogens is 3. The fourth-order valence-electron chi connectivity index (χ4n) is 2.06. The van der Waals surface area contributed by atoms with E-state index in [0.717, 1.165) is 5.56 Å². The minimum absolute atomic E-state index is 0.289. The molecule has 0 saturated heterocycles. The highest BCUT2D eigenvalue weighted by atomic mass is 19.4. The average Bonchev–Trinajstić information content (AvgIpc) is 2.42. The van der Waals surface area contributed by atoms with Crippen molar-refractivity contribution in [3.05, 3.63) is 35.9 Å². The standard InChI is InChI=1S/C15H23F3N4/c1-19-14(20-9-10-21(2)12-15(16,17)18)22(3)11-13-7-5-4-6-8-13/h4-8H,9-12H2,1-3H3,(H,19,20). The number of likely N-dealkylation sites (N-methyl/N-ethyl adjacent to an activating group) is 1. The molecule has 0 aromatic heterocycles. The summed E-state index contributed by atoms with van der Waals surface area (Å²) in [6.45, 7) is 0.460. The fourth-order valence-corrected chi connectivity index (χ4v) is 2.06. The summed E-state index contributed by atoms with van der Waals surface area (Å²) in [4.78, 5) is 7.31. The van der Waals surface area contributed by atoms with Gasteiger partial charge < -0.3 is 10.2 Å². The van der Waals surface area contributed by atoms with Crippen LogP contribution in [0.5, 0.6) is 0 Å². The van der Waals surface area contributed by atoms with Crippen LogP contribution in [0, 0.1) is 0 Å². The largest absolute Gasteiger partial charge is 0.401 e. The Morgan fingerprint density at radius 1 is 1.18 bits per heavy atom. The maximum absolute atomic E-state index is 12.2. The summed E-state index contributed by atoms with van der Waals surface area (Å²) in [5.41, 5.74) is 1.14. The van der Waals surface area contributed by atoms with Gasteiger partial charge >= 0.3 is 6.18 Å². The molecule has 0 bridgehead atoms. The van der Waals surface area contributed by atoms with Gasteiger partial charge in [0.05, 0.1) is 6.54 Å². The van der Waals surface area contributed by atoms with Crippen molar-refractivity contribution in [2.45, 2.75) is 12.7 Å². The van der Waals surface area contributed by atoms with E-state index in [1.807, 2.05) is 42.3 Å². The number of hydrogen-bond donors (Lipinski definition) is 1. The molecule has 0 heterocycles. The Balaban J connectivity index is 2.39. The van der Waals surface area contributed by atoms with Gasteiger partial charge in [-0.1, -0.05) is 30.3 Å². The molecule has 1 aromatic carbocycles. The third kappa shape index (κ3) is 7.31. The highest BCUT2D eigenvalue weighted by Gasteiger charge is 2.28. The maximum Gasteiger partial charge on any atom is 0.401 e. The molecule has 1 rings (SSSR count). The van der Waals surface area contributed by atoms with Crippen LogP contribution in [0.25, 0.3) is 0 Å². The van der Waals surface area contributed by atoms with Crippen LogP contribution >= 0.6 is 0 Å². The van der Waals surface area contributed by atoms with Crippen LogP contribution < -0.4 is 5.32 Å². The van der Waals surface area contributed by atoms with E-state index in [0.29, 0.717) is 19.0 Å². The summed E-state index contributed by atoms with van der Waals surface area (Å²) >= 11 is 0. The second-order valence-electron chi connectivity index (χ2n) is 5.17. The molecule has 0 atom stereocenters. The van der Waals surface area contributed by atoms with E-state index < -0.39 is 12.7 Å². The number of nitrogens with zero attached hydrogens (tertiary/aromatic N) is 3. The second-order valence-corrected chi connectivity index (χ2v) is 5.17. The summed E-state index contributed by atoms with van der Waals surface area (Å²) in [5.74, 6) is 0.657. The molecular formula is C15H23F3N4. The Kier molecular flexibility index (Phi) is 7.17. The zero-order valence-corrected chi connectivity index (χ0v) is 13.2. The SMILES string of the molecule is CN=C(NCCN(C)CC(F)(F)F)N(C)Cc1ccccc1. The van der Waals surface area contributed by atoms with Crippen LogP contribution in [-0.2, 0) is 6.54 Å². The maximum atomic E-state index is 12.2. The van der Waals surface area contributed by atoms with E-state index in [2.05, 4.69) is 10.3 Å². The molecule has 0 fully saturated rings. The van der Waals surface area contributed by atoms with Gasteiger partial charge in [-0.05, 0) is 12.6 Å². The van der Waals surface area contributed by atoms with E-state index in [9.17, 15) is 13.2 Å². The number of guanidine groups is 1. The van der Waals surface area contributed by atoms with Crippen molar-refractivity contribution in [3.8, 4) is 0 Å². The van der Waals surface area contributed by atoms with Crippen molar-refractivity contribution in [2.24, 2.45) is 4.99 Å².